The van der Waals surface area contributed by atoms with Crippen LogP contribution in [0.2, 0.25) is 0 Å². The summed E-state index contributed by atoms with van der Waals surface area (Å²) in [7, 11) is 0. The van der Waals surface area contributed by atoms with Gasteiger partial charge in [-0.15, -0.1) is 0 Å². The summed E-state index contributed by atoms with van der Waals surface area (Å²) in [5.74, 6) is -0.813. The molecule has 1 aromatic rings. The van der Waals surface area contributed by atoms with Gasteiger partial charge in [0.1, 0.15) is 0 Å². The molecule has 5 nitrogen and oxygen atoms in total. The molecule has 1 aromatic carbocycles. The highest BCUT2D eigenvalue weighted by Crippen LogP contribution is 2.50. The molecule has 0 bridgehead atoms. The third-order valence-electron chi connectivity index (χ3n) is 7.90. The number of rotatable bonds is 2. The lowest BCUT2D eigenvalue weighted by Gasteiger charge is -2.44. The van der Waals surface area contributed by atoms with Crippen molar-refractivity contribution in [1.82, 2.24) is 5.32 Å². The maximum atomic E-state index is 13.7. The molecule has 5 heteroatoms. The Balaban J connectivity index is 1.75. The summed E-state index contributed by atoms with van der Waals surface area (Å²) < 4.78 is 6.14. The van der Waals surface area contributed by atoms with E-state index < -0.39 is 17.7 Å². The van der Waals surface area contributed by atoms with E-state index in [1.807, 2.05) is 18.2 Å². The van der Waals surface area contributed by atoms with E-state index in [2.05, 4.69) is 56.4 Å². The maximum absolute atomic E-state index is 13.7. The molecule has 2 aliphatic heterocycles. The van der Waals surface area contributed by atoms with Crippen LogP contribution in [0.3, 0.4) is 0 Å². The number of carbonyl (C=O) groups is 2. The van der Waals surface area contributed by atoms with Gasteiger partial charge >= 0.3 is 5.97 Å². The monoisotopic (exact) mass is 463 g/mol. The molecule has 1 fully saturated rings. The third-order valence-corrected chi connectivity index (χ3v) is 7.90. The largest absolute Gasteiger partial charge is 0.444 e. The number of amides is 1. The van der Waals surface area contributed by atoms with Gasteiger partial charge in [-0.05, 0) is 49.7 Å². The molecule has 0 aromatic heterocycles. The van der Waals surface area contributed by atoms with Crippen molar-refractivity contribution in [2.45, 2.75) is 70.6 Å². The first-order valence-corrected chi connectivity index (χ1v) is 12.6. The Morgan fingerprint density at radius 2 is 1.88 bits per heavy atom. The van der Waals surface area contributed by atoms with Crippen LogP contribution in [0.5, 0.6) is 0 Å². The molecule has 3 unspecified atom stereocenters. The lowest BCUT2D eigenvalue weighted by Crippen LogP contribution is -2.56. The molecule has 34 heavy (non-hydrogen) atoms. The van der Waals surface area contributed by atoms with Gasteiger partial charge in [0.25, 0.3) is 5.91 Å². The number of hydrogen-bond acceptors (Lipinski definition) is 4. The van der Waals surface area contributed by atoms with Crippen molar-refractivity contribution in [1.29, 1.82) is 0 Å². The number of allylic oxidation sites excluding steroid dienone is 2. The van der Waals surface area contributed by atoms with Crippen LogP contribution < -0.4 is 5.32 Å². The predicted molar refractivity (Wildman–Crippen MR) is 133 cm³/mol. The van der Waals surface area contributed by atoms with Crippen molar-refractivity contribution in [3.8, 4) is 0 Å². The Bertz CT molecular complexity index is 981. The molecule has 1 saturated heterocycles. The summed E-state index contributed by atoms with van der Waals surface area (Å²) in [6.45, 7) is 6.44. The molecule has 3 aliphatic rings. The normalized spacial score (nSPS) is 38.4. The number of nitrogens with one attached hydrogen (secondary N) is 1. The average Bonchev–Trinajstić information content (AvgIpc) is 3.07. The highest BCUT2D eigenvalue weighted by molar-refractivity contribution is 5.94. The molecule has 2 heterocycles. The number of esters is 1. The quantitative estimate of drug-likeness (QED) is 0.499. The summed E-state index contributed by atoms with van der Waals surface area (Å²) in [4.78, 5) is 26.7. The van der Waals surface area contributed by atoms with Gasteiger partial charge in [0, 0.05) is 24.0 Å². The highest BCUT2D eigenvalue weighted by atomic mass is 16.6. The first-order valence-electron chi connectivity index (χ1n) is 12.6. The lowest BCUT2D eigenvalue weighted by atomic mass is 9.63. The molecule has 1 spiro atoms. The molecule has 1 amide bonds. The summed E-state index contributed by atoms with van der Waals surface area (Å²) in [5.41, 5.74) is 1.04. The first kappa shape index (κ1) is 24.5. The van der Waals surface area contributed by atoms with Gasteiger partial charge in [0.05, 0.1) is 6.10 Å². The van der Waals surface area contributed by atoms with Crippen LogP contribution >= 0.6 is 0 Å². The van der Waals surface area contributed by atoms with Crippen molar-refractivity contribution in [3.05, 3.63) is 71.8 Å². The van der Waals surface area contributed by atoms with E-state index in [9.17, 15) is 14.7 Å². The number of carbonyl (C=O) groups excluding carboxylic acids is 2. The van der Waals surface area contributed by atoms with Crippen molar-refractivity contribution in [3.63, 3.8) is 0 Å². The van der Waals surface area contributed by atoms with Crippen molar-refractivity contribution in [2.75, 3.05) is 0 Å². The van der Waals surface area contributed by atoms with Gasteiger partial charge in [-0.2, -0.15) is 0 Å². The van der Waals surface area contributed by atoms with E-state index in [1.165, 1.54) is 17.7 Å². The summed E-state index contributed by atoms with van der Waals surface area (Å²) in [5, 5.41) is 13.5. The topological polar surface area (TPSA) is 75.6 Å². The second-order valence-electron chi connectivity index (χ2n) is 10.4. The van der Waals surface area contributed by atoms with Crippen LogP contribution in [0.25, 0.3) is 0 Å². The molecule has 7 atom stereocenters. The van der Waals surface area contributed by atoms with Gasteiger partial charge in [-0.3, -0.25) is 4.79 Å². The Kier molecular flexibility index (Phi) is 7.42. The summed E-state index contributed by atoms with van der Waals surface area (Å²) >= 11 is 0. The van der Waals surface area contributed by atoms with E-state index in [-0.39, 0.29) is 29.7 Å². The zero-order valence-electron chi connectivity index (χ0n) is 20.4. The maximum Gasteiger partial charge on any atom is 0.331 e. The Morgan fingerprint density at radius 1 is 1.12 bits per heavy atom. The molecule has 2 N–H and O–H groups in total. The predicted octanol–water partition coefficient (Wildman–Crippen LogP) is 4.52. The van der Waals surface area contributed by atoms with Crippen molar-refractivity contribution in [2.24, 2.45) is 23.7 Å². The second kappa shape index (κ2) is 10.3. The van der Waals surface area contributed by atoms with Gasteiger partial charge < -0.3 is 15.2 Å². The van der Waals surface area contributed by atoms with E-state index >= 15 is 0 Å². The number of ether oxygens (including phenoxy) is 1. The molecule has 182 valence electrons. The zero-order chi connectivity index (χ0) is 24.3. The molecule has 1 aliphatic carbocycles. The Hall–Kier alpha value is -2.66. The van der Waals surface area contributed by atoms with Crippen molar-refractivity contribution < 1.29 is 19.4 Å². The van der Waals surface area contributed by atoms with E-state index in [4.69, 9.17) is 4.74 Å². The average molecular weight is 464 g/mol. The van der Waals surface area contributed by atoms with Gasteiger partial charge in [0.15, 0.2) is 0 Å². The smallest absolute Gasteiger partial charge is 0.331 e. The fraction of sp³-hybridized carbons (Fsp3) is 0.517. The molecule has 0 radical (unpaired) electrons. The number of hydrogen-bond donors (Lipinski definition) is 2. The Morgan fingerprint density at radius 3 is 2.65 bits per heavy atom. The molecule has 0 saturated carbocycles. The highest BCUT2D eigenvalue weighted by Gasteiger charge is 2.64. The standard InChI is InChI=1S/C29H37NO4/c1-19-9-7-13-23-17-20(2)21(3)27-25(18-22-11-5-4-6-12-22)30-28(33)29(23,27)34-26(32)16-15-24(31)14-8-10-19/h4-7,11-13,15-17,19,21,23-25,27,31H,8-10,14,18H2,1-3H3,(H,30,33)/b13-7+,16-15+/t19-,21+,23?,24+,25-,27?,29?/m0/s1. The summed E-state index contributed by atoms with van der Waals surface area (Å²) in [6, 6.07) is 9.97. The minimum atomic E-state index is -1.31. The Labute approximate surface area is 203 Å². The molecule has 4 rings (SSSR count). The van der Waals surface area contributed by atoms with Crippen LogP contribution in [0.1, 0.15) is 52.0 Å². The SMILES string of the molecule is CC1=CC2/C=C/C[C@H](C)CCC[C@@H](O)/C=C/C(=O)OC23C(=O)N[C@@H](Cc2ccccc2)C3[C@@H]1C. The van der Waals surface area contributed by atoms with Crippen LogP contribution in [0, 0.1) is 23.7 Å². The van der Waals surface area contributed by atoms with E-state index in [0.717, 1.165) is 24.8 Å². The second-order valence-corrected chi connectivity index (χ2v) is 10.4. The number of aliphatic hydroxyl groups excluding tert-OH is 1. The zero-order valence-corrected chi connectivity index (χ0v) is 20.4. The minimum absolute atomic E-state index is 0.0671. The molecular weight excluding hydrogens is 426 g/mol. The van der Waals surface area contributed by atoms with Crippen LogP contribution in [-0.2, 0) is 20.7 Å². The fourth-order valence-electron chi connectivity index (χ4n) is 5.92. The molecular formula is C29H37NO4. The first-order chi connectivity index (χ1) is 16.3. The van der Waals surface area contributed by atoms with Crippen LogP contribution in [0.4, 0.5) is 0 Å². The third kappa shape index (κ3) is 4.90. The minimum Gasteiger partial charge on any atom is -0.444 e. The fourth-order valence-corrected chi connectivity index (χ4v) is 5.92. The number of aliphatic hydroxyl groups is 1. The van der Waals surface area contributed by atoms with Crippen LogP contribution in [0.15, 0.2) is 66.3 Å². The van der Waals surface area contributed by atoms with Gasteiger partial charge in [0.2, 0.25) is 5.60 Å². The summed E-state index contributed by atoms with van der Waals surface area (Å²) in [6.07, 6.45) is 12.5. The van der Waals surface area contributed by atoms with Gasteiger partial charge in [-0.25, -0.2) is 4.79 Å². The number of benzene rings is 1. The lowest BCUT2D eigenvalue weighted by molar-refractivity contribution is -0.172. The van der Waals surface area contributed by atoms with Gasteiger partial charge in [-0.1, -0.05) is 80.8 Å². The van der Waals surface area contributed by atoms with E-state index in [1.54, 1.807) is 0 Å². The van der Waals surface area contributed by atoms with E-state index in [0.29, 0.717) is 18.8 Å². The van der Waals surface area contributed by atoms with Crippen LogP contribution in [-0.4, -0.2) is 34.7 Å². The van der Waals surface area contributed by atoms with Crippen molar-refractivity contribution >= 4 is 11.9 Å².